The van der Waals surface area contributed by atoms with Crippen LogP contribution in [0.5, 0.6) is 5.75 Å². The minimum atomic E-state index is -0.982. The highest BCUT2D eigenvalue weighted by atomic mass is 16.5. The first-order valence-corrected chi connectivity index (χ1v) is 5.60. The fraction of sp³-hybridized carbons (Fsp3) is 0.250. The van der Waals surface area contributed by atoms with E-state index in [4.69, 9.17) is 9.84 Å². The molecule has 2 N–H and O–H groups in total. The van der Waals surface area contributed by atoms with Gasteiger partial charge in [-0.1, -0.05) is 0 Å². The lowest BCUT2D eigenvalue weighted by Gasteiger charge is -2.11. The molecule has 0 atom stereocenters. The lowest BCUT2D eigenvalue weighted by atomic mass is 10.2. The molecule has 2 rings (SSSR count). The molecule has 0 aliphatic rings. The highest BCUT2D eigenvalue weighted by Gasteiger charge is 2.09. The van der Waals surface area contributed by atoms with Crippen molar-refractivity contribution in [2.24, 2.45) is 7.05 Å². The monoisotopic (exact) mass is 262 g/mol. The molecular formula is C12H14N4O3. The van der Waals surface area contributed by atoms with Gasteiger partial charge in [0.15, 0.2) is 0 Å². The number of rotatable bonds is 5. The standard InChI is InChI=1S/C12H14N4O3/c1-16-11(14-7-15-16)6-13-9-5-8(12(17)18)3-4-10(9)19-2/h3-5,7,13H,6H2,1-2H3,(H,17,18). The lowest BCUT2D eigenvalue weighted by molar-refractivity contribution is 0.0697. The average Bonchev–Trinajstić information content (AvgIpc) is 2.81. The summed E-state index contributed by atoms with van der Waals surface area (Å²) in [4.78, 5) is 15.0. The summed E-state index contributed by atoms with van der Waals surface area (Å²) >= 11 is 0. The van der Waals surface area contributed by atoms with Crippen molar-refractivity contribution in [2.75, 3.05) is 12.4 Å². The van der Waals surface area contributed by atoms with Gasteiger partial charge in [0.2, 0.25) is 0 Å². The van der Waals surface area contributed by atoms with E-state index in [1.165, 1.54) is 25.6 Å². The Labute approximate surface area is 109 Å². The van der Waals surface area contributed by atoms with Crippen molar-refractivity contribution < 1.29 is 14.6 Å². The second-order valence-electron chi connectivity index (χ2n) is 3.87. The van der Waals surface area contributed by atoms with E-state index in [0.29, 0.717) is 18.0 Å². The van der Waals surface area contributed by atoms with Crippen molar-refractivity contribution in [3.8, 4) is 5.75 Å². The van der Waals surface area contributed by atoms with Crippen LogP contribution in [0.15, 0.2) is 24.5 Å². The van der Waals surface area contributed by atoms with Gasteiger partial charge >= 0.3 is 5.97 Å². The van der Waals surface area contributed by atoms with Crippen LogP contribution in [0.25, 0.3) is 0 Å². The number of hydrogen-bond acceptors (Lipinski definition) is 5. The molecule has 1 heterocycles. The molecule has 0 aliphatic carbocycles. The van der Waals surface area contributed by atoms with Crippen LogP contribution in [0, 0.1) is 0 Å². The molecule has 0 amide bonds. The summed E-state index contributed by atoms with van der Waals surface area (Å²) in [5, 5.41) is 16.0. The first kappa shape index (κ1) is 12.9. The van der Waals surface area contributed by atoms with Crippen LogP contribution in [0.2, 0.25) is 0 Å². The minimum absolute atomic E-state index is 0.196. The van der Waals surface area contributed by atoms with Gasteiger partial charge in [-0.25, -0.2) is 9.78 Å². The van der Waals surface area contributed by atoms with E-state index in [2.05, 4.69) is 15.4 Å². The van der Waals surface area contributed by atoms with E-state index in [9.17, 15) is 4.79 Å². The fourth-order valence-corrected chi connectivity index (χ4v) is 1.63. The number of nitrogens with zero attached hydrogens (tertiary/aromatic N) is 3. The largest absolute Gasteiger partial charge is 0.495 e. The first-order valence-electron chi connectivity index (χ1n) is 5.60. The molecular weight excluding hydrogens is 248 g/mol. The molecule has 7 heteroatoms. The van der Waals surface area contributed by atoms with Gasteiger partial charge in [-0.15, -0.1) is 0 Å². The smallest absolute Gasteiger partial charge is 0.335 e. The number of aromatic nitrogens is 3. The molecule has 0 saturated heterocycles. The lowest BCUT2D eigenvalue weighted by Crippen LogP contribution is -2.08. The molecule has 0 fully saturated rings. The van der Waals surface area contributed by atoms with Crippen molar-refractivity contribution in [1.29, 1.82) is 0 Å². The zero-order valence-corrected chi connectivity index (χ0v) is 10.6. The summed E-state index contributed by atoms with van der Waals surface area (Å²) in [7, 11) is 3.32. The highest BCUT2D eigenvalue weighted by Crippen LogP contribution is 2.25. The summed E-state index contributed by atoms with van der Waals surface area (Å²) in [5.41, 5.74) is 0.798. The topological polar surface area (TPSA) is 89.3 Å². The van der Waals surface area contributed by atoms with E-state index in [0.717, 1.165) is 5.82 Å². The molecule has 1 aromatic heterocycles. The van der Waals surface area contributed by atoms with Crippen LogP contribution in [0.1, 0.15) is 16.2 Å². The Kier molecular flexibility index (Phi) is 3.65. The second-order valence-corrected chi connectivity index (χ2v) is 3.87. The fourth-order valence-electron chi connectivity index (χ4n) is 1.63. The summed E-state index contributed by atoms with van der Waals surface area (Å²) in [5.74, 6) is 0.333. The van der Waals surface area contributed by atoms with Gasteiger partial charge in [-0.05, 0) is 18.2 Å². The van der Waals surface area contributed by atoms with Crippen molar-refractivity contribution in [3.05, 3.63) is 35.9 Å². The third-order valence-electron chi connectivity index (χ3n) is 2.69. The Morgan fingerprint density at radius 2 is 2.32 bits per heavy atom. The first-order chi connectivity index (χ1) is 9.11. The molecule has 2 aromatic rings. The normalized spacial score (nSPS) is 10.2. The number of ether oxygens (including phenoxy) is 1. The maximum atomic E-state index is 10.9. The number of carbonyl (C=O) groups is 1. The Morgan fingerprint density at radius 1 is 1.53 bits per heavy atom. The van der Waals surface area contributed by atoms with Crippen molar-refractivity contribution in [3.63, 3.8) is 0 Å². The van der Waals surface area contributed by atoms with Crippen molar-refractivity contribution in [1.82, 2.24) is 14.8 Å². The summed E-state index contributed by atoms with van der Waals surface area (Å²) in [6.07, 6.45) is 1.46. The van der Waals surface area contributed by atoms with Gasteiger partial charge in [0, 0.05) is 7.05 Å². The molecule has 0 radical (unpaired) electrons. The van der Waals surface area contributed by atoms with E-state index in [1.807, 2.05) is 0 Å². The van der Waals surface area contributed by atoms with Crippen molar-refractivity contribution >= 4 is 11.7 Å². The van der Waals surface area contributed by atoms with Gasteiger partial charge in [-0.3, -0.25) is 4.68 Å². The molecule has 19 heavy (non-hydrogen) atoms. The molecule has 7 nitrogen and oxygen atoms in total. The third kappa shape index (κ3) is 2.82. The molecule has 100 valence electrons. The number of aryl methyl sites for hydroxylation is 1. The predicted molar refractivity (Wildman–Crippen MR) is 68.3 cm³/mol. The zero-order valence-electron chi connectivity index (χ0n) is 10.6. The zero-order chi connectivity index (χ0) is 13.8. The maximum absolute atomic E-state index is 10.9. The van der Waals surface area contributed by atoms with Crippen LogP contribution < -0.4 is 10.1 Å². The Hall–Kier alpha value is -2.57. The molecule has 0 spiro atoms. The Balaban J connectivity index is 2.20. The summed E-state index contributed by atoms with van der Waals surface area (Å²) in [6, 6.07) is 4.63. The summed E-state index contributed by atoms with van der Waals surface area (Å²) in [6.45, 7) is 0.427. The SMILES string of the molecule is COc1ccc(C(=O)O)cc1NCc1ncnn1C. The molecule has 0 aliphatic heterocycles. The average molecular weight is 262 g/mol. The van der Waals surface area contributed by atoms with Gasteiger partial charge < -0.3 is 15.2 Å². The third-order valence-corrected chi connectivity index (χ3v) is 2.69. The van der Waals surface area contributed by atoms with Crippen LogP contribution in [0.3, 0.4) is 0 Å². The molecule has 0 unspecified atom stereocenters. The van der Waals surface area contributed by atoms with Gasteiger partial charge in [0.05, 0.1) is 24.9 Å². The number of aromatic carboxylic acids is 1. The van der Waals surface area contributed by atoms with Crippen LogP contribution in [0.4, 0.5) is 5.69 Å². The predicted octanol–water partition coefficient (Wildman–Crippen LogP) is 1.13. The maximum Gasteiger partial charge on any atom is 0.335 e. The second kappa shape index (κ2) is 5.38. The molecule has 1 aromatic carbocycles. The molecule has 0 bridgehead atoms. The van der Waals surface area contributed by atoms with E-state index >= 15 is 0 Å². The van der Waals surface area contributed by atoms with E-state index < -0.39 is 5.97 Å². The minimum Gasteiger partial charge on any atom is -0.495 e. The number of nitrogens with one attached hydrogen (secondary N) is 1. The number of carboxylic acid groups (broad SMARTS) is 1. The number of methoxy groups -OCH3 is 1. The Morgan fingerprint density at radius 3 is 2.89 bits per heavy atom. The van der Waals surface area contributed by atoms with Crippen molar-refractivity contribution in [2.45, 2.75) is 6.54 Å². The summed E-state index contributed by atoms with van der Waals surface area (Å²) < 4.78 is 6.82. The number of anilines is 1. The number of benzene rings is 1. The van der Waals surface area contributed by atoms with Crippen LogP contribution in [-0.4, -0.2) is 33.0 Å². The van der Waals surface area contributed by atoms with Gasteiger partial charge in [0.1, 0.15) is 17.9 Å². The number of hydrogen-bond donors (Lipinski definition) is 2. The molecule has 0 saturated carbocycles. The quantitative estimate of drug-likeness (QED) is 0.839. The van der Waals surface area contributed by atoms with Gasteiger partial charge in [0.25, 0.3) is 0 Å². The number of carboxylic acids is 1. The highest BCUT2D eigenvalue weighted by molar-refractivity contribution is 5.89. The van der Waals surface area contributed by atoms with Gasteiger partial charge in [-0.2, -0.15) is 5.10 Å². The Bertz CT molecular complexity index is 594. The van der Waals surface area contributed by atoms with E-state index in [1.54, 1.807) is 17.8 Å². The van der Waals surface area contributed by atoms with Crippen LogP contribution in [-0.2, 0) is 13.6 Å². The van der Waals surface area contributed by atoms with Crippen LogP contribution >= 0.6 is 0 Å². The van der Waals surface area contributed by atoms with E-state index in [-0.39, 0.29) is 5.56 Å².